The lowest BCUT2D eigenvalue weighted by Crippen LogP contribution is -2.30. The zero-order valence-corrected chi connectivity index (χ0v) is 18.6. The molecule has 6 nitrogen and oxygen atoms in total. The number of hydrogen-bond donors (Lipinski definition) is 1. The lowest BCUT2D eigenvalue weighted by atomic mass is 10.2. The first kappa shape index (κ1) is 22.5. The molecular formula is C21H25ClFN3O3S. The van der Waals surface area contributed by atoms with Crippen molar-refractivity contribution in [1.29, 1.82) is 0 Å². The van der Waals surface area contributed by atoms with Gasteiger partial charge in [0.25, 0.3) is 5.91 Å². The van der Waals surface area contributed by atoms with Crippen LogP contribution >= 0.6 is 11.6 Å². The maximum Gasteiger partial charge on any atom is 0.257 e. The van der Waals surface area contributed by atoms with Crippen LogP contribution in [0.1, 0.15) is 37.0 Å². The van der Waals surface area contributed by atoms with Gasteiger partial charge in [-0.3, -0.25) is 4.79 Å². The molecule has 1 heterocycles. The molecule has 162 valence electrons. The van der Waals surface area contributed by atoms with Gasteiger partial charge in [-0.1, -0.05) is 31.5 Å². The van der Waals surface area contributed by atoms with E-state index in [-0.39, 0.29) is 21.2 Å². The van der Waals surface area contributed by atoms with E-state index >= 15 is 0 Å². The van der Waals surface area contributed by atoms with E-state index < -0.39 is 21.7 Å². The van der Waals surface area contributed by atoms with Crippen LogP contribution in [0.15, 0.2) is 41.3 Å². The Bertz CT molecular complexity index is 1040. The van der Waals surface area contributed by atoms with Gasteiger partial charge in [0.1, 0.15) is 11.5 Å². The highest BCUT2D eigenvalue weighted by molar-refractivity contribution is 7.89. The number of carbonyl (C=O) groups is 1. The Morgan fingerprint density at radius 1 is 1.17 bits per heavy atom. The highest BCUT2D eigenvalue weighted by atomic mass is 35.5. The van der Waals surface area contributed by atoms with Crippen molar-refractivity contribution in [2.75, 3.05) is 36.4 Å². The van der Waals surface area contributed by atoms with Crippen LogP contribution in [0.25, 0.3) is 0 Å². The van der Waals surface area contributed by atoms with Gasteiger partial charge in [0.15, 0.2) is 0 Å². The standard InChI is InChI=1S/C21H25ClFN3O3S/c1-3-26(4-2)30(28,29)15-10-11-17(22)16(14-15)21(27)24-20-18(23)8-7-9-19(20)25-12-5-6-13-25/h7-11,14H,3-6,12-13H2,1-2H3,(H,24,27). The van der Waals surface area contributed by atoms with Gasteiger partial charge in [-0.25, -0.2) is 12.8 Å². The summed E-state index contributed by atoms with van der Waals surface area (Å²) in [6.45, 7) is 5.65. The minimum atomic E-state index is -3.76. The molecule has 0 unspecified atom stereocenters. The summed E-state index contributed by atoms with van der Waals surface area (Å²) in [5.74, 6) is -1.22. The van der Waals surface area contributed by atoms with Gasteiger partial charge in [0.05, 0.1) is 21.2 Å². The molecule has 9 heteroatoms. The Morgan fingerprint density at radius 2 is 1.83 bits per heavy atom. The first-order chi connectivity index (χ1) is 14.3. The van der Waals surface area contributed by atoms with Crippen molar-refractivity contribution < 1.29 is 17.6 Å². The third-order valence-electron chi connectivity index (χ3n) is 5.20. The second-order valence-electron chi connectivity index (χ2n) is 7.01. The first-order valence-corrected chi connectivity index (χ1v) is 11.8. The quantitative estimate of drug-likeness (QED) is 0.676. The number of nitrogens with one attached hydrogen (secondary N) is 1. The second kappa shape index (κ2) is 9.32. The number of carbonyl (C=O) groups excluding carboxylic acids is 1. The molecule has 1 fully saturated rings. The van der Waals surface area contributed by atoms with E-state index in [2.05, 4.69) is 5.32 Å². The molecule has 1 aliphatic rings. The Balaban J connectivity index is 1.96. The van der Waals surface area contributed by atoms with Crippen molar-refractivity contribution in [2.45, 2.75) is 31.6 Å². The summed E-state index contributed by atoms with van der Waals surface area (Å²) in [4.78, 5) is 14.9. The first-order valence-electron chi connectivity index (χ1n) is 9.94. The molecule has 0 aliphatic carbocycles. The topological polar surface area (TPSA) is 69.7 Å². The van der Waals surface area contributed by atoms with E-state index in [1.807, 2.05) is 4.90 Å². The predicted molar refractivity (Wildman–Crippen MR) is 117 cm³/mol. The Hall–Kier alpha value is -2.16. The van der Waals surface area contributed by atoms with Gasteiger partial charge in [-0.15, -0.1) is 0 Å². The largest absolute Gasteiger partial charge is 0.370 e. The average molecular weight is 454 g/mol. The summed E-state index contributed by atoms with van der Waals surface area (Å²) < 4.78 is 41.5. The highest BCUT2D eigenvalue weighted by Crippen LogP contribution is 2.32. The SMILES string of the molecule is CCN(CC)S(=O)(=O)c1ccc(Cl)c(C(=O)Nc2c(F)cccc2N2CCCC2)c1. The van der Waals surface area contributed by atoms with Crippen LogP contribution < -0.4 is 10.2 Å². The smallest absolute Gasteiger partial charge is 0.257 e. The van der Waals surface area contributed by atoms with Crippen molar-refractivity contribution in [3.8, 4) is 0 Å². The van der Waals surface area contributed by atoms with E-state index in [1.165, 1.54) is 28.6 Å². The van der Waals surface area contributed by atoms with Crippen LogP contribution in [0.3, 0.4) is 0 Å². The molecule has 1 N–H and O–H groups in total. The number of rotatable bonds is 7. The minimum Gasteiger partial charge on any atom is -0.370 e. The van der Waals surface area contributed by atoms with Crippen LogP contribution in [0.5, 0.6) is 0 Å². The van der Waals surface area contributed by atoms with Crippen LogP contribution in [0.2, 0.25) is 5.02 Å². The predicted octanol–water partition coefficient (Wildman–Crippen LogP) is 4.36. The molecule has 1 aliphatic heterocycles. The molecule has 3 rings (SSSR count). The van der Waals surface area contributed by atoms with Crippen molar-refractivity contribution >= 4 is 38.9 Å². The molecule has 2 aromatic rings. The van der Waals surface area contributed by atoms with E-state index in [1.54, 1.807) is 26.0 Å². The summed E-state index contributed by atoms with van der Waals surface area (Å²) in [6.07, 6.45) is 2.00. The fourth-order valence-corrected chi connectivity index (χ4v) is 5.28. The summed E-state index contributed by atoms with van der Waals surface area (Å²) in [5, 5.41) is 2.69. The summed E-state index contributed by atoms with van der Waals surface area (Å²) >= 11 is 6.19. The maximum absolute atomic E-state index is 14.6. The van der Waals surface area contributed by atoms with Crippen molar-refractivity contribution in [3.05, 3.63) is 52.8 Å². The maximum atomic E-state index is 14.6. The van der Waals surface area contributed by atoms with Crippen LogP contribution in [-0.4, -0.2) is 44.8 Å². The lowest BCUT2D eigenvalue weighted by Gasteiger charge is -2.22. The van der Waals surface area contributed by atoms with E-state index in [0.717, 1.165) is 25.9 Å². The Morgan fingerprint density at radius 3 is 2.47 bits per heavy atom. The monoisotopic (exact) mass is 453 g/mol. The molecule has 0 spiro atoms. The average Bonchev–Trinajstić information content (AvgIpc) is 3.25. The molecule has 2 aromatic carbocycles. The van der Waals surface area contributed by atoms with Crippen molar-refractivity contribution in [2.24, 2.45) is 0 Å². The summed E-state index contributed by atoms with van der Waals surface area (Å²) in [7, 11) is -3.76. The Kier molecular flexibility index (Phi) is 7.00. The molecule has 0 saturated carbocycles. The molecule has 0 aromatic heterocycles. The molecule has 30 heavy (non-hydrogen) atoms. The third-order valence-corrected chi connectivity index (χ3v) is 7.58. The third kappa shape index (κ3) is 4.45. The van der Waals surface area contributed by atoms with Gasteiger partial charge in [0, 0.05) is 26.2 Å². The number of anilines is 2. The molecule has 1 saturated heterocycles. The van der Waals surface area contributed by atoms with Gasteiger partial charge in [-0.05, 0) is 43.2 Å². The van der Waals surface area contributed by atoms with E-state index in [4.69, 9.17) is 11.6 Å². The van der Waals surface area contributed by atoms with Gasteiger partial charge in [0.2, 0.25) is 10.0 Å². The van der Waals surface area contributed by atoms with Crippen LogP contribution in [-0.2, 0) is 10.0 Å². The number of amides is 1. The van der Waals surface area contributed by atoms with E-state index in [9.17, 15) is 17.6 Å². The van der Waals surface area contributed by atoms with Crippen molar-refractivity contribution in [3.63, 3.8) is 0 Å². The number of para-hydroxylation sites is 1. The van der Waals surface area contributed by atoms with Crippen LogP contribution in [0.4, 0.5) is 15.8 Å². The second-order valence-corrected chi connectivity index (χ2v) is 9.36. The van der Waals surface area contributed by atoms with E-state index in [0.29, 0.717) is 18.8 Å². The number of halogens is 2. The van der Waals surface area contributed by atoms with Crippen molar-refractivity contribution in [1.82, 2.24) is 4.31 Å². The highest BCUT2D eigenvalue weighted by Gasteiger charge is 2.25. The normalized spacial score (nSPS) is 14.4. The molecule has 1 amide bonds. The van der Waals surface area contributed by atoms with Gasteiger partial charge >= 0.3 is 0 Å². The lowest BCUT2D eigenvalue weighted by molar-refractivity contribution is 0.102. The zero-order valence-electron chi connectivity index (χ0n) is 17.0. The number of hydrogen-bond acceptors (Lipinski definition) is 4. The number of sulfonamides is 1. The number of nitrogens with zero attached hydrogens (tertiary/aromatic N) is 2. The fourth-order valence-electron chi connectivity index (χ4n) is 3.59. The molecule has 0 atom stereocenters. The Labute approximate surface area is 181 Å². The van der Waals surface area contributed by atoms with Crippen LogP contribution in [0, 0.1) is 5.82 Å². The molecular weight excluding hydrogens is 429 g/mol. The number of benzene rings is 2. The molecule has 0 bridgehead atoms. The minimum absolute atomic E-state index is 0.0273. The zero-order chi connectivity index (χ0) is 21.9. The van der Waals surface area contributed by atoms with Gasteiger partial charge in [-0.2, -0.15) is 4.31 Å². The summed E-state index contributed by atoms with van der Waals surface area (Å²) in [6, 6.07) is 8.61. The molecule has 0 radical (unpaired) electrons. The van der Waals surface area contributed by atoms with Gasteiger partial charge < -0.3 is 10.2 Å². The fraction of sp³-hybridized carbons (Fsp3) is 0.381. The summed E-state index contributed by atoms with van der Waals surface area (Å²) in [5.41, 5.74) is 0.641.